The topological polar surface area (TPSA) is 119 Å². The van der Waals surface area contributed by atoms with Gasteiger partial charge in [-0.1, -0.05) is 0 Å². The molecule has 2 heterocycles. The molecule has 0 bridgehead atoms. The normalized spacial score (nSPS) is 20.9. The van der Waals surface area contributed by atoms with E-state index < -0.39 is 12.1 Å². The van der Waals surface area contributed by atoms with Crippen molar-refractivity contribution in [3.05, 3.63) is 17.8 Å². The third-order valence-corrected chi connectivity index (χ3v) is 3.87. The predicted molar refractivity (Wildman–Crippen MR) is 80.4 cm³/mol. The van der Waals surface area contributed by atoms with Crippen molar-refractivity contribution in [1.29, 1.82) is 0 Å². The van der Waals surface area contributed by atoms with E-state index >= 15 is 0 Å². The van der Waals surface area contributed by atoms with E-state index in [4.69, 9.17) is 14.9 Å². The maximum atomic E-state index is 12.5. The van der Waals surface area contributed by atoms with Gasteiger partial charge < -0.3 is 24.9 Å². The van der Waals surface area contributed by atoms with E-state index in [1.54, 1.807) is 11.8 Å². The van der Waals surface area contributed by atoms with Crippen LogP contribution in [-0.4, -0.2) is 52.7 Å². The van der Waals surface area contributed by atoms with Crippen LogP contribution in [-0.2, 0) is 9.53 Å². The fourth-order valence-corrected chi connectivity index (χ4v) is 2.52. The number of esters is 1. The number of piperidine rings is 1. The molecule has 3 N–H and O–H groups in total. The summed E-state index contributed by atoms with van der Waals surface area (Å²) < 4.78 is 10.2. The summed E-state index contributed by atoms with van der Waals surface area (Å²) in [5.41, 5.74) is 5.86. The second-order valence-corrected chi connectivity index (χ2v) is 5.68. The van der Waals surface area contributed by atoms with E-state index in [9.17, 15) is 14.7 Å². The molecule has 128 valence electrons. The monoisotopic (exact) mass is 325 g/mol. The summed E-state index contributed by atoms with van der Waals surface area (Å²) >= 11 is 0. The number of nitrogens with zero attached hydrogens (tertiary/aromatic N) is 2. The number of aliphatic hydroxyl groups excluding tert-OH is 1. The Balaban J connectivity index is 2.04. The van der Waals surface area contributed by atoms with E-state index in [0.717, 1.165) is 6.42 Å². The molecule has 0 spiro atoms. The summed E-state index contributed by atoms with van der Waals surface area (Å²) in [6.07, 6.45) is 1.83. The van der Waals surface area contributed by atoms with Gasteiger partial charge in [-0.3, -0.25) is 9.59 Å². The highest BCUT2D eigenvalue weighted by Gasteiger charge is 2.31. The van der Waals surface area contributed by atoms with Gasteiger partial charge in [0.2, 0.25) is 5.89 Å². The Morgan fingerprint density at radius 3 is 3.00 bits per heavy atom. The number of likely N-dealkylation sites (tertiary alicyclic amines) is 1. The van der Waals surface area contributed by atoms with Crippen LogP contribution in [0, 0.1) is 5.92 Å². The minimum absolute atomic E-state index is 0.113. The first-order valence-electron chi connectivity index (χ1n) is 7.79. The van der Waals surface area contributed by atoms with Crippen molar-refractivity contribution < 1.29 is 23.8 Å². The molecule has 1 aromatic heterocycles. The van der Waals surface area contributed by atoms with Crippen molar-refractivity contribution in [3.63, 3.8) is 0 Å². The first-order valence-corrected chi connectivity index (χ1v) is 7.79. The lowest BCUT2D eigenvalue weighted by atomic mass is 9.98. The number of carbonyl (C=O) groups excluding carboxylic acids is 2. The number of rotatable bonds is 5. The van der Waals surface area contributed by atoms with Gasteiger partial charge in [0.25, 0.3) is 5.91 Å². The molecule has 1 aromatic rings. The molecular formula is C15H23N3O5. The third kappa shape index (κ3) is 4.08. The highest BCUT2D eigenvalue weighted by molar-refractivity contribution is 5.92. The second kappa shape index (κ2) is 7.56. The van der Waals surface area contributed by atoms with E-state index in [2.05, 4.69) is 4.98 Å². The van der Waals surface area contributed by atoms with Crippen molar-refractivity contribution in [2.75, 3.05) is 19.7 Å². The summed E-state index contributed by atoms with van der Waals surface area (Å²) in [4.78, 5) is 29.9. The molecule has 3 unspecified atom stereocenters. The van der Waals surface area contributed by atoms with Crippen molar-refractivity contribution in [2.45, 2.75) is 38.8 Å². The Hall–Kier alpha value is -1.93. The van der Waals surface area contributed by atoms with Gasteiger partial charge in [-0.25, -0.2) is 4.98 Å². The zero-order chi connectivity index (χ0) is 17.0. The zero-order valence-corrected chi connectivity index (χ0v) is 13.4. The molecule has 0 aromatic carbocycles. The van der Waals surface area contributed by atoms with Crippen LogP contribution in [0.4, 0.5) is 0 Å². The lowest BCUT2D eigenvalue weighted by Crippen LogP contribution is -2.43. The largest absolute Gasteiger partial charge is 0.466 e. The molecule has 1 fully saturated rings. The number of oxazole rings is 1. The molecule has 8 nitrogen and oxygen atoms in total. The Bertz CT molecular complexity index is 557. The number of carbonyl (C=O) groups is 2. The minimum Gasteiger partial charge on any atom is -0.466 e. The number of hydrogen-bond acceptors (Lipinski definition) is 7. The molecule has 23 heavy (non-hydrogen) atoms. The lowest BCUT2D eigenvalue weighted by Gasteiger charge is -2.30. The van der Waals surface area contributed by atoms with E-state index in [0.29, 0.717) is 26.1 Å². The molecule has 0 radical (unpaired) electrons. The lowest BCUT2D eigenvalue weighted by molar-refractivity contribution is -0.149. The Morgan fingerprint density at radius 1 is 1.61 bits per heavy atom. The van der Waals surface area contributed by atoms with Gasteiger partial charge in [-0.05, 0) is 26.7 Å². The summed E-state index contributed by atoms with van der Waals surface area (Å²) in [6.45, 7) is 4.46. The Morgan fingerprint density at radius 2 is 2.35 bits per heavy atom. The van der Waals surface area contributed by atoms with Crippen molar-refractivity contribution in [2.24, 2.45) is 11.7 Å². The fraction of sp³-hybridized carbons (Fsp3) is 0.667. The van der Waals surface area contributed by atoms with Gasteiger partial charge in [-0.2, -0.15) is 0 Å². The molecular weight excluding hydrogens is 302 g/mol. The maximum absolute atomic E-state index is 12.5. The van der Waals surface area contributed by atoms with Crippen LogP contribution in [0.5, 0.6) is 0 Å². The first-order chi connectivity index (χ1) is 10.9. The molecule has 2 rings (SSSR count). The van der Waals surface area contributed by atoms with Gasteiger partial charge in [0.15, 0.2) is 5.69 Å². The zero-order valence-electron chi connectivity index (χ0n) is 13.4. The molecule has 0 saturated carbocycles. The van der Waals surface area contributed by atoms with Gasteiger partial charge >= 0.3 is 5.97 Å². The fourth-order valence-electron chi connectivity index (χ4n) is 2.52. The molecule has 1 aliphatic rings. The number of aromatic nitrogens is 1. The van der Waals surface area contributed by atoms with Crippen LogP contribution in [0.15, 0.2) is 10.7 Å². The molecule has 1 saturated heterocycles. The van der Waals surface area contributed by atoms with Crippen molar-refractivity contribution in [3.8, 4) is 0 Å². The number of aliphatic hydroxyl groups is 1. The summed E-state index contributed by atoms with van der Waals surface area (Å²) in [5, 5.41) is 9.45. The van der Waals surface area contributed by atoms with Gasteiger partial charge in [0.05, 0.1) is 18.6 Å². The summed E-state index contributed by atoms with van der Waals surface area (Å²) in [7, 11) is 0. The third-order valence-electron chi connectivity index (χ3n) is 3.87. The second-order valence-electron chi connectivity index (χ2n) is 5.68. The van der Waals surface area contributed by atoms with Crippen LogP contribution < -0.4 is 5.73 Å². The van der Waals surface area contributed by atoms with Crippen LogP contribution in [0.1, 0.15) is 49.1 Å². The van der Waals surface area contributed by atoms with E-state index in [1.807, 2.05) is 0 Å². The molecule has 1 amide bonds. The van der Waals surface area contributed by atoms with Crippen molar-refractivity contribution >= 4 is 11.9 Å². The van der Waals surface area contributed by atoms with Crippen LogP contribution in [0.2, 0.25) is 0 Å². The Labute approximate surface area is 134 Å². The van der Waals surface area contributed by atoms with Gasteiger partial charge in [-0.15, -0.1) is 0 Å². The predicted octanol–water partition coefficient (Wildman–Crippen LogP) is 0.471. The highest BCUT2D eigenvalue weighted by atomic mass is 16.5. The highest BCUT2D eigenvalue weighted by Crippen LogP contribution is 2.21. The first kappa shape index (κ1) is 17.4. The molecule has 0 aliphatic carbocycles. The van der Waals surface area contributed by atoms with E-state index in [-0.39, 0.29) is 29.4 Å². The standard InChI is InChI=1S/C15H23N3O5/c1-3-22-15(21)10-5-4-6-18(7-10)14(20)11-8-23-13(17-11)12(16)9(2)19/h8-10,12,19H,3-7,16H2,1-2H3. The average molecular weight is 325 g/mol. The smallest absolute Gasteiger partial charge is 0.310 e. The minimum atomic E-state index is -0.834. The van der Waals surface area contributed by atoms with Gasteiger partial charge in [0.1, 0.15) is 12.3 Å². The van der Waals surface area contributed by atoms with E-state index in [1.165, 1.54) is 13.2 Å². The van der Waals surface area contributed by atoms with Crippen LogP contribution in [0.25, 0.3) is 0 Å². The number of hydrogen-bond donors (Lipinski definition) is 2. The van der Waals surface area contributed by atoms with Crippen molar-refractivity contribution in [1.82, 2.24) is 9.88 Å². The number of nitrogens with two attached hydrogens (primary N) is 1. The quantitative estimate of drug-likeness (QED) is 0.755. The Kier molecular flexibility index (Phi) is 5.73. The SMILES string of the molecule is CCOC(=O)C1CCCN(C(=O)c2coc(C(N)C(C)O)n2)C1. The number of ether oxygens (including phenoxy) is 1. The van der Waals surface area contributed by atoms with Gasteiger partial charge in [0, 0.05) is 13.1 Å². The summed E-state index contributed by atoms with van der Waals surface area (Å²) in [6, 6.07) is -0.787. The number of amides is 1. The maximum Gasteiger partial charge on any atom is 0.310 e. The molecule has 1 aliphatic heterocycles. The molecule has 8 heteroatoms. The molecule has 3 atom stereocenters. The summed E-state index contributed by atoms with van der Waals surface area (Å²) in [5.74, 6) is -0.783. The average Bonchev–Trinajstić information content (AvgIpc) is 3.03. The van der Waals surface area contributed by atoms with Crippen LogP contribution >= 0.6 is 0 Å². The van der Waals surface area contributed by atoms with Crippen LogP contribution in [0.3, 0.4) is 0 Å².